The second kappa shape index (κ2) is 4.49. The number of hydrogen-bond acceptors (Lipinski definition) is 2. The molecule has 0 aromatic rings. The number of hydrogen-bond donors (Lipinski definition) is 1. The molecule has 1 heterocycles. The second-order valence-electron chi connectivity index (χ2n) is 7.54. The Kier molecular flexibility index (Phi) is 2.92. The molecule has 4 saturated carbocycles. The molecule has 0 aromatic heterocycles. The summed E-state index contributed by atoms with van der Waals surface area (Å²) >= 11 is 0. The molecular weight excluding hydrogens is 222 g/mol. The van der Waals surface area contributed by atoms with Crippen molar-refractivity contribution in [1.29, 1.82) is 0 Å². The summed E-state index contributed by atoms with van der Waals surface area (Å²) in [4.78, 5) is 0. The molecular formula is C16H27NO. The molecule has 1 saturated heterocycles. The van der Waals surface area contributed by atoms with Crippen LogP contribution in [0.5, 0.6) is 0 Å². The molecule has 0 spiro atoms. The van der Waals surface area contributed by atoms with Crippen molar-refractivity contribution in [2.75, 3.05) is 13.2 Å². The van der Waals surface area contributed by atoms with E-state index >= 15 is 0 Å². The summed E-state index contributed by atoms with van der Waals surface area (Å²) in [6, 6.07) is 0.476. The lowest BCUT2D eigenvalue weighted by Crippen LogP contribution is -2.54. The molecule has 5 fully saturated rings. The topological polar surface area (TPSA) is 35.2 Å². The first-order chi connectivity index (χ1) is 8.81. The zero-order chi connectivity index (χ0) is 12.1. The van der Waals surface area contributed by atoms with Gasteiger partial charge in [-0.15, -0.1) is 0 Å². The van der Waals surface area contributed by atoms with Gasteiger partial charge in [0.25, 0.3) is 0 Å². The molecule has 4 bridgehead atoms. The van der Waals surface area contributed by atoms with Crippen molar-refractivity contribution in [3.05, 3.63) is 0 Å². The van der Waals surface area contributed by atoms with E-state index in [1.807, 2.05) is 0 Å². The Hall–Kier alpha value is -0.0800. The highest BCUT2D eigenvalue weighted by atomic mass is 16.5. The SMILES string of the molecule is NC(C1CCOCC1)C1C2CC3CC(C2)CC1C3. The van der Waals surface area contributed by atoms with E-state index in [0.717, 1.165) is 48.7 Å². The first-order valence-electron chi connectivity index (χ1n) is 8.14. The van der Waals surface area contributed by atoms with Crippen LogP contribution in [0.25, 0.3) is 0 Å². The minimum absolute atomic E-state index is 0.476. The van der Waals surface area contributed by atoms with Crippen LogP contribution < -0.4 is 5.73 Å². The molecule has 4 aliphatic carbocycles. The molecule has 18 heavy (non-hydrogen) atoms. The summed E-state index contributed by atoms with van der Waals surface area (Å²) in [5.74, 6) is 5.73. The maximum absolute atomic E-state index is 6.72. The second-order valence-corrected chi connectivity index (χ2v) is 7.54. The van der Waals surface area contributed by atoms with Crippen LogP contribution in [0.2, 0.25) is 0 Å². The van der Waals surface area contributed by atoms with Crippen LogP contribution >= 0.6 is 0 Å². The fourth-order valence-electron chi connectivity index (χ4n) is 6.01. The lowest BCUT2D eigenvalue weighted by Gasteiger charge is -2.57. The average Bonchev–Trinajstić information content (AvgIpc) is 2.38. The van der Waals surface area contributed by atoms with E-state index in [0.29, 0.717) is 6.04 Å². The summed E-state index contributed by atoms with van der Waals surface area (Å²) in [5, 5.41) is 0. The van der Waals surface area contributed by atoms with Gasteiger partial charge >= 0.3 is 0 Å². The van der Waals surface area contributed by atoms with Gasteiger partial charge in [0.05, 0.1) is 0 Å². The molecule has 5 aliphatic rings. The smallest absolute Gasteiger partial charge is 0.0469 e. The molecule has 5 rings (SSSR count). The lowest BCUT2D eigenvalue weighted by molar-refractivity contribution is -0.0628. The van der Waals surface area contributed by atoms with Crippen LogP contribution in [0.1, 0.15) is 44.9 Å². The minimum Gasteiger partial charge on any atom is -0.381 e. The van der Waals surface area contributed by atoms with E-state index < -0.39 is 0 Å². The molecule has 0 aromatic carbocycles. The largest absolute Gasteiger partial charge is 0.381 e. The van der Waals surface area contributed by atoms with Gasteiger partial charge in [-0.05, 0) is 80.5 Å². The zero-order valence-corrected chi connectivity index (χ0v) is 11.4. The summed E-state index contributed by atoms with van der Waals surface area (Å²) in [7, 11) is 0. The molecule has 2 heteroatoms. The van der Waals surface area contributed by atoms with Crippen molar-refractivity contribution < 1.29 is 4.74 Å². The number of ether oxygens (including phenoxy) is 1. The van der Waals surface area contributed by atoms with Gasteiger partial charge in [0.2, 0.25) is 0 Å². The molecule has 0 amide bonds. The Labute approximate surface area is 111 Å². The Bertz CT molecular complexity index is 282. The van der Waals surface area contributed by atoms with Gasteiger partial charge in [0, 0.05) is 19.3 Å². The molecule has 102 valence electrons. The van der Waals surface area contributed by atoms with Gasteiger partial charge in [0.1, 0.15) is 0 Å². The molecule has 1 aliphatic heterocycles. The minimum atomic E-state index is 0.476. The Morgan fingerprint density at radius 2 is 1.39 bits per heavy atom. The van der Waals surface area contributed by atoms with E-state index in [1.165, 1.54) is 38.5 Å². The van der Waals surface area contributed by atoms with E-state index in [4.69, 9.17) is 10.5 Å². The molecule has 0 radical (unpaired) electrons. The van der Waals surface area contributed by atoms with E-state index in [2.05, 4.69) is 0 Å². The van der Waals surface area contributed by atoms with Crippen molar-refractivity contribution in [2.24, 2.45) is 41.2 Å². The van der Waals surface area contributed by atoms with Gasteiger partial charge in [-0.25, -0.2) is 0 Å². The van der Waals surface area contributed by atoms with Crippen LogP contribution in [-0.4, -0.2) is 19.3 Å². The van der Waals surface area contributed by atoms with Crippen molar-refractivity contribution >= 4 is 0 Å². The number of rotatable bonds is 2. The van der Waals surface area contributed by atoms with Crippen molar-refractivity contribution in [3.63, 3.8) is 0 Å². The fourth-order valence-corrected chi connectivity index (χ4v) is 6.01. The van der Waals surface area contributed by atoms with E-state index in [-0.39, 0.29) is 0 Å². The summed E-state index contributed by atoms with van der Waals surface area (Å²) < 4.78 is 5.50. The zero-order valence-electron chi connectivity index (χ0n) is 11.4. The monoisotopic (exact) mass is 249 g/mol. The van der Waals surface area contributed by atoms with Gasteiger partial charge in [-0.3, -0.25) is 0 Å². The Balaban J connectivity index is 1.50. The third-order valence-corrected chi connectivity index (χ3v) is 6.55. The Morgan fingerprint density at radius 3 is 1.94 bits per heavy atom. The van der Waals surface area contributed by atoms with Crippen LogP contribution in [0.4, 0.5) is 0 Å². The molecule has 2 nitrogen and oxygen atoms in total. The van der Waals surface area contributed by atoms with Gasteiger partial charge in [-0.1, -0.05) is 0 Å². The maximum Gasteiger partial charge on any atom is 0.0469 e. The molecule has 1 unspecified atom stereocenters. The highest BCUT2D eigenvalue weighted by molar-refractivity contribution is 5.02. The van der Waals surface area contributed by atoms with Crippen LogP contribution in [-0.2, 0) is 4.74 Å². The highest BCUT2D eigenvalue weighted by Crippen LogP contribution is 2.57. The first-order valence-corrected chi connectivity index (χ1v) is 8.14. The molecule has 2 N–H and O–H groups in total. The van der Waals surface area contributed by atoms with E-state index in [9.17, 15) is 0 Å². The first kappa shape index (κ1) is 11.7. The van der Waals surface area contributed by atoms with Crippen LogP contribution in [0.15, 0.2) is 0 Å². The van der Waals surface area contributed by atoms with E-state index in [1.54, 1.807) is 6.42 Å². The summed E-state index contributed by atoms with van der Waals surface area (Å²) in [6.07, 6.45) is 10.0. The van der Waals surface area contributed by atoms with Gasteiger partial charge in [0.15, 0.2) is 0 Å². The third-order valence-electron chi connectivity index (χ3n) is 6.55. The number of nitrogens with two attached hydrogens (primary N) is 1. The standard InChI is InChI=1S/C16H27NO/c17-16(12-1-3-18-4-2-12)15-13-6-10-5-11(8-13)9-14(15)7-10/h10-16H,1-9,17H2. The summed E-state index contributed by atoms with van der Waals surface area (Å²) in [6.45, 7) is 1.90. The maximum atomic E-state index is 6.72. The summed E-state index contributed by atoms with van der Waals surface area (Å²) in [5.41, 5.74) is 6.72. The van der Waals surface area contributed by atoms with Crippen LogP contribution in [0, 0.1) is 35.5 Å². The third kappa shape index (κ3) is 1.84. The average molecular weight is 249 g/mol. The molecule has 1 atom stereocenters. The normalized spacial score (nSPS) is 49.5. The quantitative estimate of drug-likeness (QED) is 0.817. The highest BCUT2D eigenvalue weighted by Gasteiger charge is 2.50. The van der Waals surface area contributed by atoms with Gasteiger partial charge in [-0.2, -0.15) is 0 Å². The lowest BCUT2D eigenvalue weighted by atomic mass is 9.49. The van der Waals surface area contributed by atoms with Crippen molar-refractivity contribution in [1.82, 2.24) is 0 Å². The predicted octanol–water partition coefficient (Wildman–Crippen LogP) is 2.81. The Morgan fingerprint density at radius 1 is 0.833 bits per heavy atom. The predicted molar refractivity (Wildman–Crippen MR) is 72.1 cm³/mol. The van der Waals surface area contributed by atoms with Crippen molar-refractivity contribution in [2.45, 2.75) is 51.0 Å². The fraction of sp³-hybridized carbons (Fsp3) is 1.00. The van der Waals surface area contributed by atoms with Crippen LogP contribution in [0.3, 0.4) is 0 Å². The van der Waals surface area contributed by atoms with Crippen molar-refractivity contribution in [3.8, 4) is 0 Å². The van der Waals surface area contributed by atoms with Gasteiger partial charge < -0.3 is 10.5 Å².